The van der Waals surface area contributed by atoms with Crippen molar-refractivity contribution in [1.29, 1.82) is 0 Å². The second kappa shape index (κ2) is 7.03. The molecule has 116 valence electrons. The van der Waals surface area contributed by atoms with Crippen LogP contribution in [0.1, 0.15) is 46.0 Å². The van der Waals surface area contributed by atoms with E-state index in [1.54, 1.807) is 6.07 Å². The molecule has 1 aliphatic heterocycles. The fraction of sp³-hybridized carbons (Fsp3) is 0.562. The summed E-state index contributed by atoms with van der Waals surface area (Å²) < 4.78 is 0. The summed E-state index contributed by atoms with van der Waals surface area (Å²) in [5.74, 6) is -0.0122. The molecule has 2 rings (SSSR count). The number of rotatable bonds is 4. The van der Waals surface area contributed by atoms with Gasteiger partial charge in [-0.05, 0) is 44.7 Å². The van der Waals surface area contributed by atoms with Gasteiger partial charge in [0.15, 0.2) is 0 Å². The van der Waals surface area contributed by atoms with Gasteiger partial charge in [0, 0.05) is 19.0 Å². The van der Waals surface area contributed by atoms with Crippen LogP contribution in [0.15, 0.2) is 12.1 Å². The van der Waals surface area contributed by atoms with E-state index in [1.807, 2.05) is 13.0 Å². The quantitative estimate of drug-likeness (QED) is 0.825. The predicted octanol–water partition coefficient (Wildman–Crippen LogP) is 4.04. The van der Waals surface area contributed by atoms with Crippen LogP contribution in [0.2, 0.25) is 5.02 Å². The summed E-state index contributed by atoms with van der Waals surface area (Å²) in [5.41, 5.74) is 8.42. The Labute approximate surface area is 131 Å². The first-order chi connectivity index (χ1) is 10.0. The van der Waals surface area contributed by atoms with Gasteiger partial charge in [0.25, 0.3) is 0 Å². The van der Waals surface area contributed by atoms with Gasteiger partial charge >= 0.3 is 0 Å². The summed E-state index contributed by atoms with van der Waals surface area (Å²) >= 11 is 6.21. The second-order valence-electron chi connectivity index (χ2n) is 5.73. The molecule has 0 radical (unpaired) electrons. The highest BCUT2D eigenvalue weighted by Crippen LogP contribution is 2.36. The zero-order valence-electron chi connectivity index (χ0n) is 12.8. The minimum absolute atomic E-state index is 0.0122. The Morgan fingerprint density at radius 2 is 2.24 bits per heavy atom. The van der Waals surface area contributed by atoms with Crippen molar-refractivity contribution < 1.29 is 4.79 Å². The molecule has 0 aliphatic carbocycles. The van der Waals surface area contributed by atoms with Crippen LogP contribution in [0, 0.1) is 0 Å². The molecule has 1 aromatic rings. The van der Waals surface area contributed by atoms with Crippen LogP contribution >= 0.6 is 11.6 Å². The van der Waals surface area contributed by atoms with E-state index in [0.717, 1.165) is 18.7 Å². The molecule has 0 spiro atoms. The molecule has 0 bridgehead atoms. The minimum Gasteiger partial charge on any atom is -0.397 e. The third-order valence-corrected chi connectivity index (χ3v) is 4.29. The largest absolute Gasteiger partial charge is 0.397 e. The van der Waals surface area contributed by atoms with E-state index >= 15 is 0 Å². The van der Waals surface area contributed by atoms with Gasteiger partial charge in [0.2, 0.25) is 5.91 Å². The number of anilines is 3. The Hall–Kier alpha value is -1.42. The smallest absolute Gasteiger partial charge is 0.224 e. The first kappa shape index (κ1) is 16.0. The highest BCUT2D eigenvalue weighted by molar-refractivity contribution is 6.34. The lowest BCUT2D eigenvalue weighted by Crippen LogP contribution is -2.37. The number of hydrogen-bond acceptors (Lipinski definition) is 3. The molecule has 0 aromatic heterocycles. The zero-order chi connectivity index (χ0) is 15.4. The Kier molecular flexibility index (Phi) is 5.34. The Bertz CT molecular complexity index is 518. The summed E-state index contributed by atoms with van der Waals surface area (Å²) in [6, 6.07) is 4.11. The maximum absolute atomic E-state index is 11.8. The third-order valence-electron chi connectivity index (χ3n) is 3.98. The third kappa shape index (κ3) is 3.82. The lowest BCUT2D eigenvalue weighted by atomic mass is 10.0. The van der Waals surface area contributed by atoms with E-state index in [9.17, 15) is 4.79 Å². The van der Waals surface area contributed by atoms with Gasteiger partial charge in [0.05, 0.1) is 22.1 Å². The topological polar surface area (TPSA) is 58.4 Å². The van der Waals surface area contributed by atoms with Crippen LogP contribution in [0.25, 0.3) is 0 Å². The maximum atomic E-state index is 11.8. The average molecular weight is 310 g/mol. The van der Waals surface area contributed by atoms with E-state index in [0.29, 0.717) is 28.9 Å². The van der Waals surface area contributed by atoms with Crippen molar-refractivity contribution >= 4 is 34.6 Å². The first-order valence-electron chi connectivity index (χ1n) is 7.68. The number of nitrogen functional groups attached to an aromatic ring is 1. The number of piperidine rings is 1. The lowest BCUT2D eigenvalue weighted by molar-refractivity contribution is -0.116. The number of amides is 1. The van der Waals surface area contributed by atoms with Gasteiger partial charge in [-0.3, -0.25) is 4.79 Å². The highest BCUT2D eigenvalue weighted by Gasteiger charge is 2.21. The van der Waals surface area contributed by atoms with Crippen molar-refractivity contribution in [2.75, 3.05) is 22.5 Å². The van der Waals surface area contributed by atoms with Gasteiger partial charge in [-0.1, -0.05) is 18.5 Å². The molecule has 1 heterocycles. The molecular weight excluding hydrogens is 286 g/mol. The number of nitrogens with zero attached hydrogens (tertiary/aromatic N) is 1. The Morgan fingerprint density at radius 3 is 2.90 bits per heavy atom. The standard InChI is InChI=1S/C16H24ClN3O/c1-3-6-16(21)19-14-10-15(13(18)9-12(14)17)20-8-5-4-7-11(20)2/h9-11H,3-8,18H2,1-2H3,(H,19,21). The van der Waals surface area contributed by atoms with Crippen LogP contribution in [-0.2, 0) is 4.79 Å². The molecule has 0 saturated carbocycles. The normalized spacial score (nSPS) is 18.6. The van der Waals surface area contributed by atoms with Crippen molar-refractivity contribution in [1.82, 2.24) is 0 Å². The Balaban J connectivity index is 2.27. The van der Waals surface area contributed by atoms with Gasteiger partial charge in [-0.2, -0.15) is 0 Å². The van der Waals surface area contributed by atoms with E-state index in [1.165, 1.54) is 19.3 Å². The Morgan fingerprint density at radius 1 is 1.48 bits per heavy atom. The molecule has 1 unspecified atom stereocenters. The van der Waals surface area contributed by atoms with Crippen LogP contribution < -0.4 is 16.0 Å². The molecule has 21 heavy (non-hydrogen) atoms. The monoisotopic (exact) mass is 309 g/mol. The summed E-state index contributed by atoms with van der Waals surface area (Å²) in [4.78, 5) is 14.1. The van der Waals surface area contributed by atoms with Crippen molar-refractivity contribution in [3.8, 4) is 0 Å². The molecule has 1 fully saturated rings. The number of carbonyl (C=O) groups is 1. The van der Waals surface area contributed by atoms with Crippen LogP contribution in [0.3, 0.4) is 0 Å². The average Bonchev–Trinajstić information content (AvgIpc) is 2.43. The number of nitrogens with two attached hydrogens (primary N) is 1. The zero-order valence-corrected chi connectivity index (χ0v) is 13.5. The molecule has 5 heteroatoms. The second-order valence-corrected chi connectivity index (χ2v) is 6.13. The van der Waals surface area contributed by atoms with Gasteiger partial charge in [0.1, 0.15) is 0 Å². The number of hydrogen-bond donors (Lipinski definition) is 2. The molecular formula is C16H24ClN3O. The summed E-state index contributed by atoms with van der Waals surface area (Å²) in [5, 5.41) is 3.37. The highest BCUT2D eigenvalue weighted by atomic mass is 35.5. The van der Waals surface area contributed by atoms with Gasteiger partial charge < -0.3 is 16.0 Å². The van der Waals surface area contributed by atoms with Gasteiger partial charge in [-0.15, -0.1) is 0 Å². The lowest BCUT2D eigenvalue weighted by Gasteiger charge is -2.36. The fourth-order valence-corrected chi connectivity index (χ4v) is 3.04. The van der Waals surface area contributed by atoms with Crippen LogP contribution in [-0.4, -0.2) is 18.5 Å². The van der Waals surface area contributed by atoms with E-state index in [4.69, 9.17) is 17.3 Å². The van der Waals surface area contributed by atoms with E-state index in [2.05, 4.69) is 17.1 Å². The number of benzene rings is 1. The van der Waals surface area contributed by atoms with Crippen molar-refractivity contribution in [2.45, 2.75) is 52.0 Å². The summed E-state index contributed by atoms with van der Waals surface area (Å²) in [6.45, 7) is 5.18. The molecule has 1 saturated heterocycles. The van der Waals surface area contributed by atoms with Crippen molar-refractivity contribution in [3.63, 3.8) is 0 Å². The van der Waals surface area contributed by atoms with E-state index in [-0.39, 0.29) is 5.91 Å². The first-order valence-corrected chi connectivity index (χ1v) is 8.06. The molecule has 1 aromatic carbocycles. The molecule has 1 aliphatic rings. The molecule has 4 nitrogen and oxygen atoms in total. The summed E-state index contributed by atoms with van der Waals surface area (Å²) in [6.07, 6.45) is 4.90. The molecule has 1 amide bonds. The number of halogens is 1. The maximum Gasteiger partial charge on any atom is 0.224 e. The van der Waals surface area contributed by atoms with Crippen molar-refractivity contribution in [3.05, 3.63) is 17.2 Å². The predicted molar refractivity (Wildman–Crippen MR) is 90.1 cm³/mol. The van der Waals surface area contributed by atoms with E-state index < -0.39 is 0 Å². The molecule has 1 atom stereocenters. The molecule has 3 N–H and O–H groups in total. The van der Waals surface area contributed by atoms with Crippen LogP contribution in [0.4, 0.5) is 17.1 Å². The fourth-order valence-electron chi connectivity index (χ4n) is 2.82. The minimum atomic E-state index is -0.0122. The van der Waals surface area contributed by atoms with Gasteiger partial charge in [-0.25, -0.2) is 0 Å². The summed E-state index contributed by atoms with van der Waals surface area (Å²) in [7, 11) is 0. The number of nitrogens with one attached hydrogen (secondary N) is 1. The number of carbonyl (C=O) groups excluding carboxylic acids is 1. The SMILES string of the molecule is CCCC(=O)Nc1cc(N2CCCCC2C)c(N)cc1Cl. The van der Waals surface area contributed by atoms with Crippen LogP contribution in [0.5, 0.6) is 0 Å². The van der Waals surface area contributed by atoms with Crippen molar-refractivity contribution in [2.24, 2.45) is 0 Å².